The van der Waals surface area contributed by atoms with E-state index in [2.05, 4.69) is 15.3 Å². The van der Waals surface area contributed by atoms with Gasteiger partial charge in [0.05, 0.1) is 7.11 Å². The highest BCUT2D eigenvalue weighted by atomic mass is 16.5. The van der Waals surface area contributed by atoms with E-state index in [4.69, 9.17) is 15.2 Å². The van der Waals surface area contributed by atoms with Crippen LogP contribution < -0.4 is 31.0 Å². The van der Waals surface area contributed by atoms with E-state index in [-0.39, 0.29) is 29.9 Å². The quantitative estimate of drug-likeness (QED) is 0.440. The molecule has 202 valence electrons. The van der Waals surface area contributed by atoms with Crippen LogP contribution in [0.1, 0.15) is 38.5 Å². The highest BCUT2D eigenvalue weighted by Crippen LogP contribution is 2.31. The molecule has 2 aliphatic rings. The second kappa shape index (κ2) is 12.4. The van der Waals surface area contributed by atoms with Gasteiger partial charge in [0.2, 0.25) is 5.88 Å². The van der Waals surface area contributed by atoms with E-state index in [0.29, 0.717) is 36.2 Å². The van der Waals surface area contributed by atoms with Crippen molar-refractivity contribution in [3.63, 3.8) is 0 Å². The molecule has 1 fully saturated rings. The molecule has 12 heteroatoms. The third kappa shape index (κ3) is 6.20. The number of nitrogens with two attached hydrogens (primary N) is 1. The van der Waals surface area contributed by atoms with Crippen LogP contribution in [0.5, 0.6) is 11.6 Å². The Bertz CT molecular complexity index is 1350. The van der Waals surface area contributed by atoms with E-state index in [9.17, 15) is 19.5 Å². The minimum absolute atomic E-state index is 0.0424. The highest BCUT2D eigenvalue weighted by molar-refractivity contribution is 5.95. The fourth-order valence-electron chi connectivity index (χ4n) is 4.59. The molecule has 3 aromatic heterocycles. The smallest absolute Gasteiger partial charge is 0.413 e. The molecule has 4 N–H and O–H groups in total. The number of nitrogens with one attached hydrogen (secondary N) is 1. The van der Waals surface area contributed by atoms with Gasteiger partial charge >= 0.3 is 6.09 Å². The molecule has 4 heterocycles. The number of methoxy groups -OCH3 is 1. The Labute approximate surface area is 219 Å². The fourth-order valence-corrected chi connectivity index (χ4v) is 4.59. The van der Waals surface area contributed by atoms with Gasteiger partial charge in [0.1, 0.15) is 11.5 Å². The number of aromatic nitrogens is 3. The lowest BCUT2D eigenvalue weighted by atomic mass is 9.94. The SMILES string of the molecule is COc1ccc2ccc(=O)n(CCCN)c2n1.O=C1COc2ccc(N(C(=O)O)C3CCCCC3)nc2N1. The van der Waals surface area contributed by atoms with E-state index in [0.717, 1.165) is 43.9 Å². The average molecular weight is 525 g/mol. The second-order valence-electron chi connectivity index (χ2n) is 9.03. The summed E-state index contributed by atoms with van der Waals surface area (Å²) in [6.07, 6.45) is 4.61. The first-order chi connectivity index (χ1) is 18.4. The van der Waals surface area contributed by atoms with Gasteiger partial charge in [0.15, 0.2) is 18.2 Å². The molecule has 1 aliphatic heterocycles. The second-order valence-corrected chi connectivity index (χ2v) is 9.03. The molecule has 0 aromatic carbocycles. The van der Waals surface area contributed by atoms with Gasteiger partial charge in [-0.15, -0.1) is 0 Å². The summed E-state index contributed by atoms with van der Waals surface area (Å²) in [5.74, 6) is 1.30. The van der Waals surface area contributed by atoms with Gasteiger partial charge in [-0.25, -0.2) is 9.78 Å². The fraction of sp³-hybridized carbons (Fsp3) is 0.423. The van der Waals surface area contributed by atoms with Crippen molar-refractivity contribution in [3.8, 4) is 11.6 Å². The zero-order chi connectivity index (χ0) is 27.1. The molecule has 2 amide bonds. The van der Waals surface area contributed by atoms with Gasteiger partial charge < -0.3 is 25.6 Å². The molecule has 38 heavy (non-hydrogen) atoms. The van der Waals surface area contributed by atoms with Crippen LogP contribution in [0.2, 0.25) is 0 Å². The van der Waals surface area contributed by atoms with E-state index < -0.39 is 6.09 Å². The van der Waals surface area contributed by atoms with Crippen molar-refractivity contribution in [3.05, 3.63) is 46.8 Å². The molecule has 12 nitrogen and oxygen atoms in total. The summed E-state index contributed by atoms with van der Waals surface area (Å²) in [6.45, 7) is 1.08. The average Bonchev–Trinajstić information content (AvgIpc) is 2.93. The number of aryl methyl sites for hydroxylation is 1. The van der Waals surface area contributed by atoms with Crippen molar-refractivity contribution in [2.45, 2.75) is 51.1 Å². The zero-order valence-electron chi connectivity index (χ0n) is 21.3. The number of amides is 2. The monoisotopic (exact) mass is 524 g/mol. The summed E-state index contributed by atoms with van der Waals surface area (Å²) in [4.78, 5) is 44.6. The summed E-state index contributed by atoms with van der Waals surface area (Å²) in [5.41, 5.74) is 6.05. The number of hydrogen-bond acceptors (Lipinski definition) is 8. The first kappa shape index (κ1) is 26.9. The molecular formula is C26H32N6O6. The maximum atomic E-state index is 11.8. The number of carboxylic acid groups (broad SMARTS) is 1. The molecule has 0 atom stereocenters. The molecular weight excluding hydrogens is 492 g/mol. The molecule has 0 bridgehead atoms. The lowest BCUT2D eigenvalue weighted by Crippen LogP contribution is -2.41. The number of pyridine rings is 3. The van der Waals surface area contributed by atoms with Gasteiger partial charge in [-0.05, 0) is 50.1 Å². The zero-order valence-corrected chi connectivity index (χ0v) is 21.3. The Hall–Kier alpha value is -4.19. The standard InChI is InChI=1S/C14H17N3O4.C12H15N3O2/c18-12-8-21-10-6-7-11(15-13(10)16-12)17(14(19)20)9-4-2-1-3-5-9;1-17-10-5-3-9-4-6-11(16)15(8-2-7-13)12(9)14-10/h6-7,9H,1-5,8H2,(H,19,20)(H,15,16,18);3-6H,2,7-8,13H2,1H3. The van der Waals surface area contributed by atoms with Crippen LogP contribution in [0.4, 0.5) is 16.4 Å². The molecule has 0 spiro atoms. The Kier molecular flexibility index (Phi) is 8.74. The maximum absolute atomic E-state index is 11.8. The molecule has 1 aliphatic carbocycles. The Morgan fingerprint density at radius 2 is 1.92 bits per heavy atom. The molecule has 0 saturated heterocycles. The molecule has 1 saturated carbocycles. The summed E-state index contributed by atoms with van der Waals surface area (Å²) >= 11 is 0. The van der Waals surface area contributed by atoms with Gasteiger partial charge in [-0.1, -0.05) is 19.3 Å². The van der Waals surface area contributed by atoms with Crippen molar-refractivity contribution >= 4 is 34.7 Å². The lowest BCUT2D eigenvalue weighted by Gasteiger charge is -2.31. The Morgan fingerprint density at radius 3 is 2.63 bits per heavy atom. The van der Waals surface area contributed by atoms with Crippen LogP contribution in [0.15, 0.2) is 41.2 Å². The van der Waals surface area contributed by atoms with Crippen LogP contribution in [-0.2, 0) is 11.3 Å². The predicted octanol–water partition coefficient (Wildman–Crippen LogP) is 2.98. The van der Waals surface area contributed by atoms with Crippen LogP contribution in [0.3, 0.4) is 0 Å². The molecule has 5 rings (SSSR count). The lowest BCUT2D eigenvalue weighted by molar-refractivity contribution is -0.118. The first-order valence-corrected chi connectivity index (χ1v) is 12.6. The van der Waals surface area contributed by atoms with Crippen LogP contribution in [0.25, 0.3) is 11.0 Å². The van der Waals surface area contributed by atoms with Gasteiger partial charge in [0, 0.05) is 30.1 Å². The Balaban J connectivity index is 0.000000181. The molecule has 3 aromatic rings. The van der Waals surface area contributed by atoms with Crippen molar-refractivity contribution < 1.29 is 24.2 Å². The van der Waals surface area contributed by atoms with Crippen LogP contribution in [0, 0.1) is 0 Å². The summed E-state index contributed by atoms with van der Waals surface area (Å²) < 4.78 is 11.9. The Morgan fingerprint density at radius 1 is 1.16 bits per heavy atom. The van der Waals surface area contributed by atoms with Crippen LogP contribution >= 0.6 is 0 Å². The summed E-state index contributed by atoms with van der Waals surface area (Å²) in [7, 11) is 1.55. The van der Waals surface area contributed by atoms with Crippen molar-refractivity contribution in [2.75, 3.05) is 30.5 Å². The van der Waals surface area contributed by atoms with Crippen molar-refractivity contribution in [2.24, 2.45) is 5.73 Å². The minimum Gasteiger partial charge on any atom is -0.481 e. The number of anilines is 2. The number of fused-ring (bicyclic) bond motifs is 2. The number of hydrogen-bond donors (Lipinski definition) is 3. The van der Waals surface area contributed by atoms with E-state index in [1.807, 2.05) is 6.07 Å². The van der Waals surface area contributed by atoms with Crippen LogP contribution in [-0.4, -0.2) is 57.9 Å². The maximum Gasteiger partial charge on any atom is 0.413 e. The third-order valence-corrected chi connectivity index (χ3v) is 6.45. The molecule has 0 radical (unpaired) electrons. The van der Waals surface area contributed by atoms with E-state index >= 15 is 0 Å². The topological polar surface area (TPSA) is 162 Å². The third-order valence-electron chi connectivity index (χ3n) is 6.45. The van der Waals surface area contributed by atoms with E-state index in [1.165, 1.54) is 4.90 Å². The van der Waals surface area contributed by atoms with Crippen molar-refractivity contribution in [1.82, 2.24) is 14.5 Å². The van der Waals surface area contributed by atoms with Gasteiger partial charge in [0.25, 0.3) is 11.5 Å². The highest BCUT2D eigenvalue weighted by Gasteiger charge is 2.29. The number of carbonyl (C=O) groups is 2. The largest absolute Gasteiger partial charge is 0.481 e. The number of nitrogens with zero attached hydrogens (tertiary/aromatic N) is 4. The molecule has 0 unspecified atom stereocenters. The number of carbonyl (C=O) groups excluding carboxylic acids is 1. The summed E-state index contributed by atoms with van der Waals surface area (Å²) in [5, 5.41) is 13.0. The van der Waals surface area contributed by atoms with Gasteiger partial charge in [-0.3, -0.25) is 19.1 Å². The normalized spacial score (nSPS) is 14.9. The summed E-state index contributed by atoms with van der Waals surface area (Å²) in [6, 6.07) is 10.2. The minimum atomic E-state index is -1.02. The van der Waals surface area contributed by atoms with E-state index in [1.54, 1.807) is 42.0 Å². The first-order valence-electron chi connectivity index (χ1n) is 12.6. The number of ether oxygens (including phenoxy) is 2. The van der Waals surface area contributed by atoms with Crippen molar-refractivity contribution in [1.29, 1.82) is 0 Å². The number of rotatable bonds is 6. The van der Waals surface area contributed by atoms with Gasteiger partial charge in [-0.2, -0.15) is 4.98 Å². The predicted molar refractivity (Wildman–Crippen MR) is 142 cm³/mol.